The van der Waals surface area contributed by atoms with Crippen LogP contribution in [0.3, 0.4) is 0 Å². The van der Waals surface area contributed by atoms with E-state index in [-0.39, 0.29) is 18.0 Å². The Morgan fingerprint density at radius 3 is 2.56 bits per heavy atom. The van der Waals surface area contributed by atoms with Gasteiger partial charge >= 0.3 is 12.0 Å². The number of hydrogen-bond acceptors (Lipinski definition) is 3. The van der Waals surface area contributed by atoms with Crippen molar-refractivity contribution in [1.82, 2.24) is 0 Å². The molecule has 188 valence electrons. The van der Waals surface area contributed by atoms with Crippen molar-refractivity contribution in [2.45, 2.75) is 57.4 Å². The largest absolute Gasteiger partial charge is 0.489 e. The summed E-state index contributed by atoms with van der Waals surface area (Å²) in [5.41, 5.74) is 4.14. The monoisotopic (exact) mass is 486 g/mol. The van der Waals surface area contributed by atoms with Crippen LogP contribution < -0.4 is 15.0 Å². The van der Waals surface area contributed by atoms with E-state index < -0.39 is 5.97 Å². The van der Waals surface area contributed by atoms with Gasteiger partial charge in [-0.1, -0.05) is 42.5 Å². The Morgan fingerprint density at radius 2 is 1.86 bits per heavy atom. The van der Waals surface area contributed by atoms with E-state index in [9.17, 15) is 9.59 Å². The number of nitrogens with one attached hydrogen (secondary N) is 1. The maximum Gasteiger partial charge on any atom is 0.326 e. The van der Waals surface area contributed by atoms with Crippen molar-refractivity contribution in [3.63, 3.8) is 0 Å². The van der Waals surface area contributed by atoms with Crippen LogP contribution in [-0.2, 0) is 4.79 Å². The highest BCUT2D eigenvalue weighted by Gasteiger charge is 2.31. The van der Waals surface area contributed by atoms with E-state index in [1.54, 1.807) is 4.90 Å². The number of benzene rings is 2. The minimum atomic E-state index is -0.679. The quantitative estimate of drug-likeness (QED) is 0.490. The second kappa shape index (κ2) is 10.6. The SMILES string of the molecule is CC1COc2cc(C3C=CC(C4CCC(CC(=O)O)CC4)=CC3)ccc2N1C(=O)Nc1ccccc1. The number of carbonyl (C=O) groups is 2. The molecule has 0 aromatic heterocycles. The van der Waals surface area contributed by atoms with E-state index in [2.05, 4.69) is 35.7 Å². The zero-order chi connectivity index (χ0) is 25.1. The molecule has 1 fully saturated rings. The number of carboxylic acids is 1. The number of hydrogen-bond donors (Lipinski definition) is 2. The molecule has 0 bridgehead atoms. The molecule has 2 aromatic carbocycles. The van der Waals surface area contributed by atoms with Crippen LogP contribution in [0.2, 0.25) is 0 Å². The van der Waals surface area contributed by atoms with Crippen molar-refractivity contribution in [2.24, 2.45) is 11.8 Å². The van der Waals surface area contributed by atoms with Gasteiger partial charge in [0.05, 0.1) is 11.7 Å². The molecule has 0 spiro atoms. The molecule has 1 saturated carbocycles. The number of carboxylic acid groups (broad SMARTS) is 1. The van der Waals surface area contributed by atoms with Crippen molar-refractivity contribution in [3.8, 4) is 5.75 Å². The minimum Gasteiger partial charge on any atom is -0.489 e. The van der Waals surface area contributed by atoms with Gasteiger partial charge in [-0.3, -0.25) is 9.69 Å². The molecule has 0 saturated heterocycles. The van der Waals surface area contributed by atoms with Gasteiger partial charge in [0, 0.05) is 18.0 Å². The number of para-hydroxylation sites is 1. The van der Waals surface area contributed by atoms with Crippen molar-refractivity contribution in [1.29, 1.82) is 0 Å². The van der Waals surface area contributed by atoms with Gasteiger partial charge in [0.25, 0.3) is 0 Å². The molecule has 3 aliphatic rings. The van der Waals surface area contributed by atoms with Gasteiger partial charge in [0.2, 0.25) is 0 Å². The summed E-state index contributed by atoms with van der Waals surface area (Å²) in [6.45, 7) is 2.44. The molecule has 6 nitrogen and oxygen atoms in total. The van der Waals surface area contributed by atoms with Gasteiger partial charge in [-0.15, -0.1) is 0 Å². The number of ether oxygens (including phenoxy) is 1. The van der Waals surface area contributed by atoms with E-state index in [1.807, 2.05) is 43.3 Å². The van der Waals surface area contributed by atoms with E-state index in [1.165, 1.54) is 11.1 Å². The van der Waals surface area contributed by atoms with Gasteiger partial charge in [-0.25, -0.2) is 4.79 Å². The standard InChI is InChI=1S/C30H34N2O4/c1-20-19-36-28-18-25(15-16-27(28)32(20)30(35)31-26-5-3-2-4-6-26)24-13-11-23(12-14-24)22-9-7-21(8-10-22)17-29(33)34/h2-6,11-13,15-16,18,20-22,24H,7-10,14,17,19H2,1H3,(H,31,35)(H,33,34). The molecule has 5 rings (SSSR count). The molecular weight excluding hydrogens is 452 g/mol. The number of urea groups is 1. The first-order chi connectivity index (χ1) is 17.5. The van der Waals surface area contributed by atoms with Gasteiger partial charge in [-0.05, 0) is 86.3 Å². The first kappa shape index (κ1) is 24.2. The van der Waals surface area contributed by atoms with Gasteiger partial charge in [-0.2, -0.15) is 0 Å². The molecule has 36 heavy (non-hydrogen) atoms. The first-order valence-corrected chi connectivity index (χ1v) is 13.0. The molecule has 2 N–H and O–H groups in total. The summed E-state index contributed by atoms with van der Waals surface area (Å²) in [6.07, 6.45) is 12.3. The van der Waals surface area contributed by atoms with Crippen LogP contribution in [0.25, 0.3) is 0 Å². The lowest BCUT2D eigenvalue weighted by molar-refractivity contribution is -0.138. The third-order valence-electron chi connectivity index (χ3n) is 7.75. The van der Waals surface area contributed by atoms with Crippen molar-refractivity contribution < 1.29 is 19.4 Å². The number of allylic oxidation sites excluding steroid dienone is 4. The van der Waals surface area contributed by atoms with E-state index in [4.69, 9.17) is 9.84 Å². The summed E-state index contributed by atoms with van der Waals surface area (Å²) < 4.78 is 6.05. The summed E-state index contributed by atoms with van der Waals surface area (Å²) in [5, 5.41) is 12.0. The summed E-state index contributed by atoms with van der Waals surface area (Å²) >= 11 is 0. The number of aliphatic carboxylic acids is 1. The van der Waals surface area contributed by atoms with Crippen LogP contribution in [-0.4, -0.2) is 29.8 Å². The first-order valence-electron chi connectivity index (χ1n) is 13.0. The molecule has 2 atom stereocenters. The maximum atomic E-state index is 13.1. The highest BCUT2D eigenvalue weighted by atomic mass is 16.5. The Balaban J connectivity index is 1.24. The Kier molecular flexibility index (Phi) is 7.12. The van der Waals surface area contributed by atoms with Crippen LogP contribution >= 0.6 is 0 Å². The zero-order valence-electron chi connectivity index (χ0n) is 20.7. The molecule has 2 amide bonds. The predicted octanol–water partition coefficient (Wildman–Crippen LogP) is 6.76. The lowest BCUT2D eigenvalue weighted by atomic mass is 9.75. The number of anilines is 2. The highest BCUT2D eigenvalue weighted by molar-refractivity contribution is 6.03. The summed E-state index contributed by atoms with van der Waals surface area (Å²) in [4.78, 5) is 25.9. The van der Waals surface area contributed by atoms with Gasteiger partial charge in [0.15, 0.2) is 0 Å². The minimum absolute atomic E-state index is 0.0716. The Hall–Kier alpha value is -3.54. The second-order valence-electron chi connectivity index (χ2n) is 10.3. The normalized spacial score (nSPS) is 25.4. The lowest BCUT2D eigenvalue weighted by Crippen LogP contribution is -2.47. The highest BCUT2D eigenvalue weighted by Crippen LogP contribution is 2.41. The molecular formula is C30H34N2O4. The van der Waals surface area contributed by atoms with Crippen LogP contribution in [0.1, 0.15) is 56.9 Å². The number of amides is 2. The summed E-state index contributed by atoms with van der Waals surface area (Å²) in [6, 6.07) is 15.4. The molecule has 2 aliphatic carbocycles. The lowest BCUT2D eigenvalue weighted by Gasteiger charge is -2.35. The fourth-order valence-electron chi connectivity index (χ4n) is 5.75. The summed E-state index contributed by atoms with van der Waals surface area (Å²) in [7, 11) is 0. The van der Waals surface area contributed by atoms with Crippen LogP contribution in [0.5, 0.6) is 5.75 Å². The van der Waals surface area contributed by atoms with Crippen molar-refractivity contribution >= 4 is 23.4 Å². The average molecular weight is 487 g/mol. The number of carbonyl (C=O) groups excluding carboxylic acids is 1. The average Bonchev–Trinajstić information content (AvgIpc) is 2.89. The fraction of sp³-hybridized carbons (Fsp3) is 0.400. The van der Waals surface area contributed by atoms with Crippen LogP contribution in [0, 0.1) is 11.8 Å². The van der Waals surface area contributed by atoms with E-state index in [0.717, 1.165) is 49.2 Å². The Labute approximate surface area is 212 Å². The van der Waals surface area contributed by atoms with E-state index in [0.29, 0.717) is 24.9 Å². The van der Waals surface area contributed by atoms with Gasteiger partial charge in [0.1, 0.15) is 12.4 Å². The van der Waals surface area contributed by atoms with Crippen molar-refractivity contribution in [3.05, 3.63) is 77.9 Å². The Morgan fingerprint density at radius 1 is 1.08 bits per heavy atom. The Bertz CT molecular complexity index is 1160. The van der Waals surface area contributed by atoms with E-state index >= 15 is 0 Å². The third-order valence-corrected chi connectivity index (χ3v) is 7.75. The molecule has 1 heterocycles. The third kappa shape index (κ3) is 5.32. The number of rotatable bonds is 5. The van der Waals surface area contributed by atoms with Crippen LogP contribution in [0.15, 0.2) is 72.3 Å². The molecule has 0 radical (unpaired) electrons. The molecule has 2 unspecified atom stereocenters. The second-order valence-corrected chi connectivity index (χ2v) is 10.3. The molecule has 2 aromatic rings. The fourth-order valence-corrected chi connectivity index (χ4v) is 5.75. The molecule has 6 heteroatoms. The zero-order valence-corrected chi connectivity index (χ0v) is 20.7. The number of nitrogens with zero attached hydrogens (tertiary/aromatic N) is 1. The molecule has 1 aliphatic heterocycles. The maximum absolute atomic E-state index is 13.1. The van der Waals surface area contributed by atoms with Gasteiger partial charge < -0.3 is 15.2 Å². The van der Waals surface area contributed by atoms with Crippen LogP contribution in [0.4, 0.5) is 16.2 Å². The number of fused-ring (bicyclic) bond motifs is 1. The topological polar surface area (TPSA) is 78.9 Å². The smallest absolute Gasteiger partial charge is 0.326 e. The van der Waals surface area contributed by atoms with Crippen molar-refractivity contribution in [2.75, 3.05) is 16.8 Å². The summed E-state index contributed by atoms with van der Waals surface area (Å²) in [5.74, 6) is 1.21. The predicted molar refractivity (Wildman–Crippen MR) is 142 cm³/mol.